The summed E-state index contributed by atoms with van der Waals surface area (Å²) in [7, 11) is 0. The lowest BCUT2D eigenvalue weighted by Gasteiger charge is -2.59. The summed E-state index contributed by atoms with van der Waals surface area (Å²) in [5.41, 5.74) is 1.54. The van der Waals surface area contributed by atoms with Gasteiger partial charge in [-0.25, -0.2) is 0 Å². The number of esters is 1. The van der Waals surface area contributed by atoms with Gasteiger partial charge in [-0.15, -0.1) is 0 Å². The molecule has 1 heterocycles. The zero-order chi connectivity index (χ0) is 18.3. The average molecular weight is 364 g/mol. The van der Waals surface area contributed by atoms with Crippen LogP contribution in [0.2, 0.25) is 0 Å². The Labute approximate surface area is 160 Å². The molecule has 6 fully saturated rings. The van der Waals surface area contributed by atoms with Crippen LogP contribution in [0.15, 0.2) is 23.8 Å². The second-order valence-electron chi connectivity index (χ2n) is 11.2. The van der Waals surface area contributed by atoms with Gasteiger partial charge < -0.3 is 4.74 Å². The molecule has 5 saturated carbocycles. The van der Waals surface area contributed by atoms with E-state index in [-0.39, 0.29) is 28.2 Å². The van der Waals surface area contributed by atoms with Crippen LogP contribution in [0.25, 0.3) is 0 Å². The van der Waals surface area contributed by atoms with Gasteiger partial charge in [-0.3, -0.25) is 9.59 Å². The minimum absolute atomic E-state index is 0.0449. The first-order valence-electron chi connectivity index (χ1n) is 11.1. The van der Waals surface area contributed by atoms with E-state index in [1.165, 1.54) is 31.3 Å². The van der Waals surface area contributed by atoms with Crippen molar-refractivity contribution in [3.8, 4) is 0 Å². The van der Waals surface area contributed by atoms with Gasteiger partial charge >= 0.3 is 5.97 Å². The van der Waals surface area contributed by atoms with Crippen molar-refractivity contribution in [3.05, 3.63) is 23.8 Å². The van der Waals surface area contributed by atoms with Crippen molar-refractivity contribution in [2.24, 2.45) is 52.3 Å². The molecule has 7 rings (SSSR count). The minimum Gasteiger partial charge on any atom is -0.458 e. The van der Waals surface area contributed by atoms with E-state index in [0.717, 1.165) is 24.2 Å². The summed E-state index contributed by atoms with van der Waals surface area (Å²) in [4.78, 5) is 24.2. The molecule has 3 heteroatoms. The quantitative estimate of drug-likeness (QED) is 0.608. The summed E-state index contributed by atoms with van der Waals surface area (Å²) in [5, 5.41) is 0. The number of ketones is 1. The summed E-state index contributed by atoms with van der Waals surface area (Å²) in [6.07, 6.45) is 12.6. The molecule has 0 aromatic rings. The Kier molecular flexibility index (Phi) is 2.46. The third-order valence-electron chi connectivity index (χ3n) is 10.5. The van der Waals surface area contributed by atoms with E-state index >= 15 is 0 Å². The van der Waals surface area contributed by atoms with Crippen LogP contribution in [0.4, 0.5) is 0 Å². The third kappa shape index (κ3) is 1.53. The molecule has 0 unspecified atom stereocenters. The molecule has 1 spiro atoms. The molecule has 1 saturated heterocycles. The van der Waals surface area contributed by atoms with Crippen LogP contribution in [0.5, 0.6) is 0 Å². The van der Waals surface area contributed by atoms with Crippen LogP contribution in [0.1, 0.15) is 52.4 Å². The highest BCUT2D eigenvalue weighted by atomic mass is 16.6. The highest BCUT2D eigenvalue weighted by molar-refractivity contribution is 6.01. The number of carbonyl (C=O) groups is 2. The molecular weight excluding hydrogens is 336 g/mol. The van der Waals surface area contributed by atoms with Gasteiger partial charge in [0, 0.05) is 23.2 Å². The Morgan fingerprint density at radius 3 is 2.70 bits per heavy atom. The van der Waals surface area contributed by atoms with Gasteiger partial charge in [0.25, 0.3) is 0 Å². The number of carbonyl (C=O) groups excluding carboxylic acids is 2. The highest BCUT2D eigenvalue weighted by Crippen LogP contribution is 2.82. The van der Waals surface area contributed by atoms with Crippen molar-refractivity contribution in [3.63, 3.8) is 0 Å². The van der Waals surface area contributed by atoms with E-state index in [1.807, 2.05) is 12.2 Å². The smallest absolute Gasteiger partial charge is 0.306 e. The number of ether oxygens (including phenoxy) is 1. The van der Waals surface area contributed by atoms with Gasteiger partial charge in [-0.05, 0) is 79.8 Å². The van der Waals surface area contributed by atoms with E-state index in [2.05, 4.69) is 19.9 Å². The van der Waals surface area contributed by atoms with Crippen LogP contribution >= 0.6 is 0 Å². The SMILES string of the molecule is C[C@]12C=CC(=O)C=C1[C@@H]1C[C@@H]1[C@H]1[C@@H]3[C@@H]4C[C@@H]4[C@@]4(CCC(=O)O4)[C@@]3(C)CC[C@@H]12. The van der Waals surface area contributed by atoms with E-state index < -0.39 is 0 Å². The van der Waals surface area contributed by atoms with Gasteiger partial charge in [0.05, 0.1) is 0 Å². The maximum atomic E-state index is 12.1. The van der Waals surface area contributed by atoms with E-state index in [0.29, 0.717) is 30.1 Å². The summed E-state index contributed by atoms with van der Waals surface area (Å²) in [5.74, 6) is 5.16. The monoisotopic (exact) mass is 364 g/mol. The normalized spacial score (nSPS) is 61.4. The maximum absolute atomic E-state index is 12.1. The summed E-state index contributed by atoms with van der Waals surface area (Å²) < 4.78 is 6.20. The van der Waals surface area contributed by atoms with Gasteiger partial charge in [0.1, 0.15) is 5.60 Å². The highest BCUT2D eigenvalue weighted by Gasteiger charge is 2.80. The predicted molar refractivity (Wildman–Crippen MR) is 99.4 cm³/mol. The molecule has 27 heavy (non-hydrogen) atoms. The van der Waals surface area contributed by atoms with Gasteiger partial charge in [-0.1, -0.05) is 25.5 Å². The van der Waals surface area contributed by atoms with Crippen LogP contribution < -0.4 is 0 Å². The fraction of sp³-hybridized carbons (Fsp3) is 0.750. The lowest BCUT2D eigenvalue weighted by atomic mass is 9.46. The Hall–Kier alpha value is -1.38. The van der Waals surface area contributed by atoms with E-state index in [9.17, 15) is 9.59 Å². The molecule has 0 radical (unpaired) electrons. The molecule has 0 aromatic carbocycles. The van der Waals surface area contributed by atoms with Crippen molar-refractivity contribution < 1.29 is 14.3 Å². The molecule has 0 amide bonds. The molecule has 142 valence electrons. The zero-order valence-electron chi connectivity index (χ0n) is 16.2. The Morgan fingerprint density at radius 2 is 1.93 bits per heavy atom. The Bertz CT molecular complexity index is 869. The molecule has 1 aliphatic heterocycles. The van der Waals surface area contributed by atoms with Gasteiger partial charge in [0.15, 0.2) is 5.78 Å². The Morgan fingerprint density at radius 1 is 1.07 bits per heavy atom. The summed E-state index contributed by atoms with van der Waals surface area (Å²) in [6, 6.07) is 0. The number of rotatable bonds is 0. The van der Waals surface area contributed by atoms with Gasteiger partial charge in [-0.2, -0.15) is 0 Å². The minimum atomic E-state index is -0.149. The number of hydrogen-bond donors (Lipinski definition) is 0. The largest absolute Gasteiger partial charge is 0.458 e. The second-order valence-corrected chi connectivity index (χ2v) is 11.2. The number of hydrogen-bond acceptors (Lipinski definition) is 3. The van der Waals surface area contributed by atoms with Crippen LogP contribution in [-0.2, 0) is 14.3 Å². The van der Waals surface area contributed by atoms with Crippen molar-refractivity contribution in [1.82, 2.24) is 0 Å². The first-order valence-corrected chi connectivity index (χ1v) is 11.1. The molecule has 6 aliphatic carbocycles. The first-order chi connectivity index (χ1) is 12.9. The van der Waals surface area contributed by atoms with Crippen LogP contribution in [-0.4, -0.2) is 17.4 Å². The van der Waals surface area contributed by atoms with Gasteiger partial charge in [0.2, 0.25) is 0 Å². The third-order valence-corrected chi connectivity index (χ3v) is 10.5. The van der Waals surface area contributed by atoms with Crippen molar-refractivity contribution in [2.45, 2.75) is 58.0 Å². The fourth-order valence-electron chi connectivity index (χ4n) is 9.38. The fourth-order valence-corrected chi connectivity index (χ4v) is 9.38. The second kappa shape index (κ2) is 4.28. The maximum Gasteiger partial charge on any atom is 0.306 e. The topological polar surface area (TPSA) is 43.4 Å². The molecule has 0 aromatic heterocycles. The zero-order valence-corrected chi connectivity index (χ0v) is 16.2. The van der Waals surface area contributed by atoms with E-state index in [1.54, 1.807) is 0 Å². The lowest BCUT2D eigenvalue weighted by molar-refractivity contribution is -0.176. The molecule has 0 bridgehead atoms. The average Bonchev–Trinajstić information content (AvgIpc) is 3.53. The van der Waals surface area contributed by atoms with Crippen LogP contribution in [0.3, 0.4) is 0 Å². The van der Waals surface area contributed by atoms with Crippen molar-refractivity contribution in [1.29, 1.82) is 0 Å². The summed E-state index contributed by atoms with van der Waals surface area (Å²) in [6.45, 7) is 4.88. The Balaban J connectivity index is 1.34. The van der Waals surface area contributed by atoms with Crippen molar-refractivity contribution >= 4 is 11.8 Å². The van der Waals surface area contributed by atoms with E-state index in [4.69, 9.17) is 4.74 Å². The number of allylic oxidation sites excluding steroid dienone is 4. The van der Waals surface area contributed by atoms with Crippen LogP contribution in [0, 0.1) is 52.3 Å². The molecule has 10 atom stereocenters. The summed E-state index contributed by atoms with van der Waals surface area (Å²) >= 11 is 0. The standard InChI is InChI=1S/C24H28O3/c1-22-6-3-12(25)9-17(22)13-10-14(13)20-16(22)4-7-23(2)21(20)15-11-18(15)24(23)8-5-19(26)27-24/h3,6,9,13-16,18,20-21H,4-5,7-8,10-11H2,1-2H3/t13-,14+,15-,16+,18+,20-,21+,22-,23+,24+/m1/s1. The first kappa shape index (κ1) is 15.5. The molecule has 7 aliphatic rings. The molecule has 0 N–H and O–H groups in total. The predicted octanol–water partition coefficient (Wildman–Crippen LogP) is 4.08. The van der Waals surface area contributed by atoms with Crippen molar-refractivity contribution in [2.75, 3.05) is 0 Å². The number of fused-ring (bicyclic) bond motifs is 12. The molecular formula is C24H28O3. The lowest BCUT2D eigenvalue weighted by Crippen LogP contribution is -2.57. The molecule has 3 nitrogen and oxygen atoms in total.